The van der Waals surface area contributed by atoms with Gasteiger partial charge in [0.25, 0.3) is 0 Å². The van der Waals surface area contributed by atoms with Gasteiger partial charge >= 0.3 is 0 Å². The molecule has 1 aromatic heterocycles. The van der Waals surface area contributed by atoms with Crippen molar-refractivity contribution in [2.45, 2.75) is 25.8 Å². The molecule has 2 aromatic rings. The van der Waals surface area contributed by atoms with Crippen LogP contribution in [0.4, 0.5) is 0 Å². The Bertz CT molecular complexity index is 467. The molecule has 0 saturated carbocycles. The second-order valence-corrected chi connectivity index (χ2v) is 5.54. The van der Waals surface area contributed by atoms with E-state index in [1.54, 1.807) is 11.3 Å². The van der Waals surface area contributed by atoms with Gasteiger partial charge in [-0.25, -0.2) is 4.98 Å². The number of thiazole rings is 1. The van der Waals surface area contributed by atoms with Crippen LogP contribution >= 0.6 is 27.3 Å². The predicted molar refractivity (Wildman–Crippen MR) is 69.2 cm³/mol. The van der Waals surface area contributed by atoms with Crippen LogP contribution < -0.4 is 5.73 Å². The lowest BCUT2D eigenvalue weighted by atomic mass is 10.2. The molecule has 0 aliphatic heterocycles. The molecular weight excluding hydrogens is 272 g/mol. The smallest absolute Gasteiger partial charge is 0.111 e. The third-order valence-electron chi connectivity index (χ3n) is 2.28. The largest absolute Gasteiger partial charge is 0.322 e. The summed E-state index contributed by atoms with van der Waals surface area (Å²) in [5.41, 5.74) is 7.08. The quantitative estimate of drug-likeness (QED) is 0.930. The lowest BCUT2D eigenvalue weighted by Gasteiger charge is -2.04. The Kier molecular flexibility index (Phi) is 3.38. The summed E-state index contributed by atoms with van der Waals surface area (Å²) in [4.78, 5) is 4.56. The summed E-state index contributed by atoms with van der Waals surface area (Å²) < 4.78 is 2.27. The second kappa shape index (κ2) is 4.60. The van der Waals surface area contributed by atoms with E-state index in [-0.39, 0.29) is 6.04 Å². The van der Waals surface area contributed by atoms with E-state index < -0.39 is 0 Å². The molecule has 0 saturated heterocycles. The van der Waals surface area contributed by atoms with Crippen LogP contribution in [-0.4, -0.2) is 4.98 Å². The molecule has 2 N–H and O–H groups in total. The first-order valence-corrected chi connectivity index (χ1v) is 6.63. The molecule has 0 bridgehead atoms. The summed E-state index contributed by atoms with van der Waals surface area (Å²) in [7, 11) is 0. The first-order valence-electron chi connectivity index (χ1n) is 5.02. The maximum Gasteiger partial charge on any atom is 0.111 e. The van der Waals surface area contributed by atoms with Crippen LogP contribution in [0.5, 0.6) is 0 Å². The zero-order chi connectivity index (χ0) is 10.8. The Morgan fingerprint density at radius 2 is 2.33 bits per heavy atom. The van der Waals surface area contributed by atoms with Gasteiger partial charge in [0.1, 0.15) is 5.01 Å². The molecule has 15 heavy (non-hydrogen) atoms. The molecule has 0 amide bonds. The van der Waals surface area contributed by atoms with Gasteiger partial charge in [-0.15, -0.1) is 11.3 Å². The highest BCUT2D eigenvalue weighted by Crippen LogP contribution is 2.29. The predicted octanol–water partition coefficient (Wildman–Crippen LogP) is 3.86. The van der Waals surface area contributed by atoms with Crippen LogP contribution in [0, 0.1) is 0 Å². The van der Waals surface area contributed by atoms with Gasteiger partial charge in [-0.1, -0.05) is 29.3 Å². The van der Waals surface area contributed by atoms with Gasteiger partial charge in [-0.3, -0.25) is 0 Å². The van der Waals surface area contributed by atoms with Crippen LogP contribution in [0.2, 0.25) is 0 Å². The maximum absolute atomic E-state index is 6.04. The van der Waals surface area contributed by atoms with E-state index in [4.69, 9.17) is 5.73 Å². The average Bonchev–Trinajstić information content (AvgIpc) is 2.60. The van der Waals surface area contributed by atoms with E-state index in [0.717, 1.165) is 27.8 Å². The molecule has 2 rings (SSSR count). The summed E-state index contributed by atoms with van der Waals surface area (Å²) in [6, 6.07) is 6.24. The molecule has 0 aliphatic rings. The highest BCUT2D eigenvalue weighted by Gasteiger charge is 2.10. The van der Waals surface area contributed by atoms with Crippen LogP contribution in [0.1, 0.15) is 30.8 Å². The van der Waals surface area contributed by atoms with Crippen LogP contribution in [-0.2, 0) is 0 Å². The molecule has 80 valence electrons. The summed E-state index contributed by atoms with van der Waals surface area (Å²) >= 11 is 5.14. The van der Waals surface area contributed by atoms with Gasteiger partial charge in [0.2, 0.25) is 0 Å². The van der Waals surface area contributed by atoms with Gasteiger partial charge in [0.15, 0.2) is 0 Å². The molecule has 4 heteroatoms. The topological polar surface area (TPSA) is 38.9 Å². The molecule has 0 fully saturated rings. The lowest BCUT2D eigenvalue weighted by molar-refractivity contribution is 0.636. The van der Waals surface area contributed by atoms with Crippen molar-refractivity contribution in [3.8, 4) is 0 Å². The Hall–Kier alpha value is -0.450. The number of benzene rings is 1. The number of rotatable bonds is 3. The zero-order valence-corrected chi connectivity index (χ0v) is 10.9. The Morgan fingerprint density at radius 1 is 1.53 bits per heavy atom. The molecule has 0 radical (unpaired) electrons. The van der Waals surface area contributed by atoms with E-state index in [0.29, 0.717) is 0 Å². The average molecular weight is 285 g/mol. The number of fused-ring (bicyclic) bond motifs is 1. The molecule has 1 aromatic carbocycles. The number of hydrogen-bond donors (Lipinski definition) is 1. The fourth-order valence-corrected chi connectivity index (χ4v) is 2.84. The number of halogens is 1. The van der Waals surface area contributed by atoms with Crippen LogP contribution in [0.3, 0.4) is 0 Å². The fraction of sp³-hybridized carbons (Fsp3) is 0.364. The Labute approximate surface area is 102 Å². The molecule has 1 heterocycles. The monoisotopic (exact) mass is 284 g/mol. The first-order chi connectivity index (χ1) is 7.20. The highest BCUT2D eigenvalue weighted by molar-refractivity contribution is 9.10. The number of nitrogens with zero attached hydrogens (tertiary/aromatic N) is 1. The summed E-state index contributed by atoms with van der Waals surface area (Å²) in [5, 5.41) is 1.05. The SMILES string of the molecule is CCCC(N)c1nc2cc(Br)ccc2s1. The summed E-state index contributed by atoms with van der Waals surface area (Å²) in [6.07, 6.45) is 2.10. The van der Waals surface area contributed by atoms with Gasteiger partial charge in [0.05, 0.1) is 16.3 Å². The van der Waals surface area contributed by atoms with Crippen molar-refractivity contribution >= 4 is 37.5 Å². The minimum Gasteiger partial charge on any atom is -0.322 e. The third kappa shape index (κ3) is 2.38. The van der Waals surface area contributed by atoms with Crippen molar-refractivity contribution in [3.05, 3.63) is 27.7 Å². The lowest BCUT2D eigenvalue weighted by Crippen LogP contribution is -2.08. The molecule has 1 atom stereocenters. The van der Waals surface area contributed by atoms with Crippen molar-refractivity contribution in [2.75, 3.05) is 0 Å². The minimum absolute atomic E-state index is 0.0891. The van der Waals surface area contributed by atoms with Gasteiger partial charge < -0.3 is 5.73 Å². The number of hydrogen-bond acceptors (Lipinski definition) is 3. The Morgan fingerprint density at radius 3 is 3.07 bits per heavy atom. The summed E-state index contributed by atoms with van der Waals surface area (Å²) in [5.74, 6) is 0. The third-order valence-corrected chi connectivity index (χ3v) is 3.94. The first kappa shape index (κ1) is 11.0. The summed E-state index contributed by atoms with van der Waals surface area (Å²) in [6.45, 7) is 2.14. The van der Waals surface area contributed by atoms with Gasteiger partial charge in [-0.2, -0.15) is 0 Å². The van der Waals surface area contributed by atoms with E-state index >= 15 is 0 Å². The zero-order valence-electron chi connectivity index (χ0n) is 8.53. The van der Waals surface area contributed by atoms with Crippen LogP contribution in [0.15, 0.2) is 22.7 Å². The molecule has 0 aliphatic carbocycles. The Balaban J connectivity index is 2.38. The molecule has 2 nitrogen and oxygen atoms in total. The van der Waals surface area contributed by atoms with E-state index in [9.17, 15) is 0 Å². The minimum atomic E-state index is 0.0891. The van der Waals surface area contributed by atoms with Gasteiger partial charge in [-0.05, 0) is 24.6 Å². The maximum atomic E-state index is 6.04. The number of aromatic nitrogens is 1. The molecular formula is C11H13BrN2S. The molecule has 1 unspecified atom stereocenters. The number of nitrogens with two attached hydrogens (primary N) is 1. The van der Waals surface area contributed by atoms with E-state index in [2.05, 4.69) is 33.9 Å². The van der Waals surface area contributed by atoms with Crippen molar-refractivity contribution in [2.24, 2.45) is 5.73 Å². The van der Waals surface area contributed by atoms with Crippen LogP contribution in [0.25, 0.3) is 10.2 Å². The van der Waals surface area contributed by atoms with E-state index in [1.807, 2.05) is 12.1 Å². The van der Waals surface area contributed by atoms with Crippen molar-refractivity contribution in [3.63, 3.8) is 0 Å². The molecule has 0 spiro atoms. The van der Waals surface area contributed by atoms with Gasteiger partial charge in [0, 0.05) is 4.47 Å². The fourth-order valence-electron chi connectivity index (χ4n) is 1.51. The van der Waals surface area contributed by atoms with Crippen molar-refractivity contribution < 1.29 is 0 Å². The van der Waals surface area contributed by atoms with Crippen molar-refractivity contribution in [1.29, 1.82) is 0 Å². The van der Waals surface area contributed by atoms with Crippen molar-refractivity contribution in [1.82, 2.24) is 4.98 Å². The van der Waals surface area contributed by atoms with E-state index in [1.165, 1.54) is 4.70 Å². The standard InChI is InChI=1S/C11H13BrN2S/c1-2-3-8(13)11-14-9-6-7(12)4-5-10(9)15-11/h4-6,8H,2-3,13H2,1H3. The second-order valence-electron chi connectivity index (χ2n) is 3.56. The normalized spacial score (nSPS) is 13.3. The highest BCUT2D eigenvalue weighted by atomic mass is 79.9.